The normalized spacial score (nSPS) is 39.9. The molecule has 5 heteroatoms. The average Bonchev–Trinajstić information content (AvgIpc) is 2.55. The second kappa shape index (κ2) is 5.88. The Morgan fingerprint density at radius 1 is 1.17 bits per heavy atom. The van der Waals surface area contributed by atoms with Gasteiger partial charge in [0.1, 0.15) is 0 Å². The highest BCUT2D eigenvalue weighted by atomic mass is 32.2. The van der Waals surface area contributed by atoms with Crippen LogP contribution in [0.5, 0.6) is 0 Å². The smallest absolute Gasteiger partial charge is 0.154 e. The van der Waals surface area contributed by atoms with Gasteiger partial charge in [-0.1, -0.05) is 32.6 Å². The molecule has 2 fully saturated rings. The standard InChI is InChI=1S/C13H25NO3S/c1-10-2-4-11(5-3-10)6-7-14-12-8-18(16,17)9-13(12)15/h10-15H,2-9H2,1H3. The third-order valence-corrected chi connectivity index (χ3v) is 6.13. The zero-order valence-electron chi connectivity index (χ0n) is 11.1. The van der Waals surface area contributed by atoms with Gasteiger partial charge in [-0.2, -0.15) is 0 Å². The van der Waals surface area contributed by atoms with Crippen molar-refractivity contribution in [2.75, 3.05) is 18.1 Å². The molecule has 2 unspecified atom stereocenters. The van der Waals surface area contributed by atoms with Crippen molar-refractivity contribution in [1.82, 2.24) is 5.32 Å². The van der Waals surface area contributed by atoms with Gasteiger partial charge in [0.05, 0.1) is 17.6 Å². The molecular weight excluding hydrogens is 250 g/mol. The molecule has 0 aromatic rings. The van der Waals surface area contributed by atoms with E-state index in [1.807, 2.05) is 0 Å². The van der Waals surface area contributed by atoms with Crippen LogP contribution >= 0.6 is 0 Å². The van der Waals surface area contributed by atoms with Crippen LogP contribution in [0.1, 0.15) is 39.0 Å². The zero-order chi connectivity index (χ0) is 13.2. The highest BCUT2D eigenvalue weighted by Gasteiger charge is 2.35. The minimum absolute atomic E-state index is 0.0778. The Hall–Kier alpha value is -0.130. The lowest BCUT2D eigenvalue weighted by Crippen LogP contribution is -2.39. The van der Waals surface area contributed by atoms with Gasteiger partial charge >= 0.3 is 0 Å². The lowest BCUT2D eigenvalue weighted by molar-refractivity contribution is 0.163. The van der Waals surface area contributed by atoms with Crippen molar-refractivity contribution in [1.29, 1.82) is 0 Å². The van der Waals surface area contributed by atoms with E-state index in [0.29, 0.717) is 0 Å². The molecule has 1 aliphatic carbocycles. The summed E-state index contributed by atoms with van der Waals surface area (Å²) in [5.41, 5.74) is 0. The van der Waals surface area contributed by atoms with Crippen molar-refractivity contribution in [3.05, 3.63) is 0 Å². The van der Waals surface area contributed by atoms with E-state index in [9.17, 15) is 13.5 Å². The first-order valence-electron chi connectivity index (χ1n) is 7.08. The van der Waals surface area contributed by atoms with Crippen LogP contribution in [-0.4, -0.2) is 43.7 Å². The van der Waals surface area contributed by atoms with E-state index in [2.05, 4.69) is 12.2 Å². The molecule has 2 atom stereocenters. The van der Waals surface area contributed by atoms with Gasteiger partial charge in [0, 0.05) is 6.04 Å². The molecule has 2 aliphatic rings. The maximum absolute atomic E-state index is 11.4. The molecule has 1 saturated carbocycles. The molecule has 0 radical (unpaired) electrons. The molecule has 1 heterocycles. The van der Waals surface area contributed by atoms with Crippen LogP contribution in [0.4, 0.5) is 0 Å². The van der Waals surface area contributed by atoms with Gasteiger partial charge in [-0.05, 0) is 24.8 Å². The van der Waals surface area contributed by atoms with E-state index < -0.39 is 15.9 Å². The second-order valence-electron chi connectivity index (χ2n) is 6.12. The molecular formula is C13H25NO3S. The van der Waals surface area contributed by atoms with Gasteiger partial charge in [-0.15, -0.1) is 0 Å². The third-order valence-electron chi connectivity index (χ3n) is 4.42. The minimum atomic E-state index is -3.02. The van der Waals surface area contributed by atoms with Crippen LogP contribution in [0.3, 0.4) is 0 Å². The Kier molecular flexibility index (Phi) is 4.67. The molecule has 4 nitrogen and oxygen atoms in total. The van der Waals surface area contributed by atoms with Gasteiger partial charge in [-0.25, -0.2) is 8.42 Å². The number of hydrogen-bond acceptors (Lipinski definition) is 4. The van der Waals surface area contributed by atoms with Crippen molar-refractivity contribution in [2.45, 2.75) is 51.2 Å². The number of nitrogens with one attached hydrogen (secondary N) is 1. The van der Waals surface area contributed by atoms with E-state index in [1.54, 1.807) is 0 Å². The summed E-state index contributed by atoms with van der Waals surface area (Å²) in [6, 6.07) is -0.252. The number of aliphatic hydroxyl groups excluding tert-OH is 1. The Bertz CT molecular complexity index is 360. The summed E-state index contributed by atoms with van der Waals surface area (Å²) in [7, 11) is -3.02. The fourth-order valence-electron chi connectivity index (χ4n) is 3.11. The van der Waals surface area contributed by atoms with Crippen LogP contribution in [0.25, 0.3) is 0 Å². The minimum Gasteiger partial charge on any atom is -0.390 e. The monoisotopic (exact) mass is 275 g/mol. The zero-order valence-corrected chi connectivity index (χ0v) is 12.0. The van der Waals surface area contributed by atoms with Gasteiger partial charge in [0.25, 0.3) is 0 Å². The molecule has 0 amide bonds. The van der Waals surface area contributed by atoms with E-state index in [-0.39, 0.29) is 17.5 Å². The number of rotatable bonds is 4. The van der Waals surface area contributed by atoms with Crippen LogP contribution < -0.4 is 5.32 Å². The second-order valence-corrected chi connectivity index (χ2v) is 8.27. The summed E-state index contributed by atoms with van der Waals surface area (Å²) < 4.78 is 22.7. The molecule has 0 aromatic heterocycles. The number of aliphatic hydroxyl groups is 1. The average molecular weight is 275 g/mol. The van der Waals surface area contributed by atoms with Crippen molar-refractivity contribution < 1.29 is 13.5 Å². The lowest BCUT2D eigenvalue weighted by atomic mass is 9.81. The van der Waals surface area contributed by atoms with Crippen molar-refractivity contribution in [2.24, 2.45) is 11.8 Å². The molecule has 2 rings (SSSR count). The third kappa shape index (κ3) is 3.93. The lowest BCUT2D eigenvalue weighted by Gasteiger charge is -2.26. The maximum Gasteiger partial charge on any atom is 0.154 e. The Morgan fingerprint density at radius 2 is 1.83 bits per heavy atom. The Balaban J connectivity index is 1.67. The van der Waals surface area contributed by atoms with Crippen molar-refractivity contribution >= 4 is 9.84 Å². The highest BCUT2D eigenvalue weighted by molar-refractivity contribution is 7.91. The summed E-state index contributed by atoms with van der Waals surface area (Å²) in [6.07, 6.45) is 5.64. The number of hydrogen-bond donors (Lipinski definition) is 2. The fraction of sp³-hybridized carbons (Fsp3) is 1.00. The first-order valence-corrected chi connectivity index (χ1v) is 8.90. The van der Waals surface area contributed by atoms with Gasteiger partial charge in [-0.3, -0.25) is 0 Å². The Morgan fingerprint density at radius 3 is 2.39 bits per heavy atom. The predicted molar refractivity (Wildman–Crippen MR) is 72.2 cm³/mol. The van der Waals surface area contributed by atoms with E-state index in [1.165, 1.54) is 25.7 Å². The highest BCUT2D eigenvalue weighted by Crippen LogP contribution is 2.30. The largest absolute Gasteiger partial charge is 0.390 e. The maximum atomic E-state index is 11.4. The molecule has 2 N–H and O–H groups in total. The summed E-state index contributed by atoms with van der Waals surface area (Å²) in [4.78, 5) is 0. The molecule has 0 spiro atoms. The summed E-state index contributed by atoms with van der Waals surface area (Å²) in [5.74, 6) is 1.67. The van der Waals surface area contributed by atoms with E-state index in [4.69, 9.17) is 0 Å². The van der Waals surface area contributed by atoms with Crippen LogP contribution in [-0.2, 0) is 9.84 Å². The van der Waals surface area contributed by atoms with Crippen LogP contribution in [0.2, 0.25) is 0 Å². The molecule has 106 valence electrons. The molecule has 1 aliphatic heterocycles. The SMILES string of the molecule is CC1CCC(CCNC2CS(=O)(=O)CC2O)CC1. The summed E-state index contributed by atoms with van der Waals surface area (Å²) in [6.45, 7) is 3.14. The first-order chi connectivity index (χ1) is 8.46. The van der Waals surface area contributed by atoms with Crippen LogP contribution in [0, 0.1) is 11.8 Å². The van der Waals surface area contributed by atoms with E-state index >= 15 is 0 Å². The van der Waals surface area contributed by atoms with Gasteiger partial charge < -0.3 is 10.4 Å². The quantitative estimate of drug-likeness (QED) is 0.802. The summed E-state index contributed by atoms with van der Waals surface area (Å²) >= 11 is 0. The topological polar surface area (TPSA) is 66.4 Å². The molecule has 0 aromatic carbocycles. The van der Waals surface area contributed by atoms with Gasteiger partial charge in [0.15, 0.2) is 9.84 Å². The molecule has 18 heavy (non-hydrogen) atoms. The first kappa shape index (κ1) is 14.3. The number of sulfone groups is 1. The fourth-order valence-corrected chi connectivity index (χ4v) is 4.89. The Labute approximate surface area is 110 Å². The molecule has 1 saturated heterocycles. The van der Waals surface area contributed by atoms with Gasteiger partial charge in [0.2, 0.25) is 0 Å². The van der Waals surface area contributed by atoms with Crippen LogP contribution in [0.15, 0.2) is 0 Å². The van der Waals surface area contributed by atoms with Crippen molar-refractivity contribution in [3.63, 3.8) is 0 Å². The molecule has 0 bridgehead atoms. The predicted octanol–water partition coefficient (Wildman–Crippen LogP) is 0.950. The van der Waals surface area contributed by atoms with Crippen molar-refractivity contribution in [3.8, 4) is 0 Å². The van der Waals surface area contributed by atoms with E-state index in [0.717, 1.165) is 24.8 Å². The summed E-state index contributed by atoms with van der Waals surface area (Å²) in [5, 5.41) is 12.9.